The number of nitrogens with zero attached hydrogens (tertiary/aromatic N) is 1. The molecule has 0 saturated heterocycles. The first kappa shape index (κ1) is 22.3. The van der Waals surface area contributed by atoms with Crippen LogP contribution in [0.5, 0.6) is 0 Å². The predicted octanol–water partition coefficient (Wildman–Crippen LogP) is 9.49. The Balaban J connectivity index is 1.75. The van der Waals surface area contributed by atoms with Crippen LogP contribution in [0.4, 0.5) is 11.4 Å². The van der Waals surface area contributed by atoms with E-state index in [-0.39, 0.29) is 11.0 Å². The summed E-state index contributed by atoms with van der Waals surface area (Å²) in [6, 6.07) is 32.4. The van der Waals surface area contributed by atoms with E-state index < -0.39 is 0 Å². The Bertz CT molecular complexity index is 1460. The third kappa shape index (κ3) is 3.88. The first-order valence-electron chi connectivity index (χ1n) is 12.0. The minimum absolute atomic E-state index is 0.00127. The molecule has 0 unspecified atom stereocenters. The van der Waals surface area contributed by atoms with Gasteiger partial charge in [0.05, 0.1) is 5.69 Å². The molecule has 5 aromatic rings. The number of furan rings is 1. The molecule has 0 amide bonds. The summed E-state index contributed by atoms with van der Waals surface area (Å²) in [4.78, 5) is 2.40. The fourth-order valence-electron chi connectivity index (χ4n) is 4.91. The average molecular weight is 448 g/mol. The lowest BCUT2D eigenvalue weighted by molar-refractivity contribution is 0.553. The molecule has 4 aromatic carbocycles. The van der Waals surface area contributed by atoms with Gasteiger partial charge in [-0.05, 0) is 55.5 Å². The molecule has 0 aliphatic carbocycles. The van der Waals surface area contributed by atoms with E-state index in [9.17, 15) is 0 Å². The van der Waals surface area contributed by atoms with E-state index in [4.69, 9.17) is 4.42 Å². The first-order chi connectivity index (χ1) is 16.1. The van der Waals surface area contributed by atoms with Gasteiger partial charge in [0, 0.05) is 27.6 Å². The van der Waals surface area contributed by atoms with Crippen LogP contribution in [0.2, 0.25) is 0 Å². The number of fused-ring (bicyclic) bond motifs is 3. The second-order valence-corrected chi connectivity index (χ2v) is 11.1. The lowest BCUT2D eigenvalue weighted by Gasteiger charge is -2.38. The topological polar surface area (TPSA) is 16.4 Å². The third-order valence-electron chi connectivity index (χ3n) is 6.43. The van der Waals surface area contributed by atoms with Crippen molar-refractivity contribution in [1.29, 1.82) is 0 Å². The SMILES string of the molecule is CC(C)(C)c1cccc2c1oc1c(N(c3cccc(-c4ccccc4)c3)C(C)(C)C)cccc12. The monoisotopic (exact) mass is 447 g/mol. The smallest absolute Gasteiger partial charge is 0.159 e. The molecule has 0 atom stereocenters. The number of benzene rings is 4. The van der Waals surface area contributed by atoms with Crippen LogP contribution in [0.25, 0.3) is 33.1 Å². The maximum absolute atomic E-state index is 6.71. The molecule has 0 aliphatic rings. The molecule has 0 saturated carbocycles. The molecule has 2 heteroatoms. The van der Waals surface area contributed by atoms with Gasteiger partial charge in [0.25, 0.3) is 0 Å². The van der Waals surface area contributed by atoms with Gasteiger partial charge in [-0.25, -0.2) is 0 Å². The molecule has 1 aromatic heterocycles. The Hall–Kier alpha value is -3.52. The molecule has 0 aliphatic heterocycles. The van der Waals surface area contributed by atoms with Gasteiger partial charge in [0.2, 0.25) is 0 Å². The summed E-state index contributed by atoms with van der Waals surface area (Å²) in [6.45, 7) is 13.5. The molecule has 0 spiro atoms. The number of hydrogen-bond acceptors (Lipinski definition) is 2. The van der Waals surface area contributed by atoms with Crippen LogP contribution in [-0.4, -0.2) is 5.54 Å². The highest BCUT2D eigenvalue weighted by Gasteiger charge is 2.28. The Morgan fingerprint density at radius 2 is 1.21 bits per heavy atom. The van der Waals surface area contributed by atoms with Crippen molar-refractivity contribution in [3.63, 3.8) is 0 Å². The first-order valence-corrected chi connectivity index (χ1v) is 12.0. The zero-order valence-electron chi connectivity index (χ0n) is 21.0. The van der Waals surface area contributed by atoms with Crippen molar-refractivity contribution in [2.24, 2.45) is 0 Å². The number of rotatable bonds is 3. The van der Waals surface area contributed by atoms with E-state index >= 15 is 0 Å². The summed E-state index contributed by atoms with van der Waals surface area (Å²) >= 11 is 0. The van der Waals surface area contributed by atoms with E-state index in [2.05, 4.69) is 137 Å². The fourth-order valence-corrected chi connectivity index (χ4v) is 4.91. The predicted molar refractivity (Wildman–Crippen MR) is 146 cm³/mol. The van der Waals surface area contributed by atoms with Crippen molar-refractivity contribution in [2.75, 3.05) is 4.90 Å². The summed E-state index contributed by atoms with van der Waals surface area (Å²) in [5.41, 5.74) is 7.67. The summed E-state index contributed by atoms with van der Waals surface area (Å²) in [6.07, 6.45) is 0. The molecule has 34 heavy (non-hydrogen) atoms. The minimum Gasteiger partial charge on any atom is -0.454 e. The van der Waals surface area contributed by atoms with Crippen molar-refractivity contribution >= 4 is 33.3 Å². The summed E-state index contributed by atoms with van der Waals surface area (Å²) in [5.74, 6) is 0. The second-order valence-electron chi connectivity index (χ2n) is 11.1. The van der Waals surface area contributed by atoms with Crippen molar-refractivity contribution in [3.8, 4) is 11.1 Å². The maximum Gasteiger partial charge on any atom is 0.159 e. The van der Waals surface area contributed by atoms with Gasteiger partial charge < -0.3 is 9.32 Å². The van der Waals surface area contributed by atoms with E-state index in [0.29, 0.717) is 0 Å². The van der Waals surface area contributed by atoms with Gasteiger partial charge >= 0.3 is 0 Å². The van der Waals surface area contributed by atoms with E-state index in [1.807, 2.05) is 0 Å². The number of hydrogen-bond donors (Lipinski definition) is 0. The quantitative estimate of drug-likeness (QED) is 0.274. The normalized spacial score (nSPS) is 12.4. The van der Waals surface area contributed by atoms with Crippen LogP contribution in [0.1, 0.15) is 47.1 Å². The van der Waals surface area contributed by atoms with Crippen LogP contribution in [-0.2, 0) is 5.41 Å². The molecule has 0 radical (unpaired) electrons. The Labute approximate surface area is 202 Å². The van der Waals surface area contributed by atoms with Crippen molar-refractivity contribution in [3.05, 3.63) is 96.6 Å². The molecule has 2 nitrogen and oxygen atoms in total. The molecule has 0 N–H and O–H groups in total. The van der Waals surface area contributed by atoms with Crippen molar-refractivity contribution in [1.82, 2.24) is 0 Å². The van der Waals surface area contributed by atoms with Crippen molar-refractivity contribution < 1.29 is 4.42 Å². The van der Waals surface area contributed by atoms with Gasteiger partial charge in [-0.1, -0.05) is 93.6 Å². The summed E-state index contributed by atoms with van der Waals surface area (Å²) in [7, 11) is 0. The molecular weight excluding hydrogens is 414 g/mol. The third-order valence-corrected chi connectivity index (χ3v) is 6.43. The molecule has 0 fully saturated rings. The highest BCUT2D eigenvalue weighted by atomic mass is 16.3. The standard InChI is InChI=1S/C32H33NO/c1-31(2,3)27-19-11-17-25-26-18-12-20-28(30(26)34-29(25)27)33(32(4,5)6)24-16-10-15-23(21-24)22-13-8-7-9-14-22/h7-21H,1-6H3. The zero-order chi connectivity index (χ0) is 24.1. The van der Waals surface area contributed by atoms with Gasteiger partial charge in [-0.15, -0.1) is 0 Å². The lowest BCUT2D eigenvalue weighted by atomic mass is 9.86. The van der Waals surface area contributed by atoms with Crippen LogP contribution >= 0.6 is 0 Å². The lowest BCUT2D eigenvalue weighted by Crippen LogP contribution is -2.37. The zero-order valence-corrected chi connectivity index (χ0v) is 21.0. The fraction of sp³-hybridized carbons (Fsp3) is 0.250. The van der Waals surface area contributed by atoms with E-state index in [0.717, 1.165) is 27.9 Å². The maximum atomic E-state index is 6.71. The molecular formula is C32H33NO. The highest BCUT2D eigenvalue weighted by Crippen LogP contribution is 2.43. The highest BCUT2D eigenvalue weighted by molar-refractivity contribution is 6.10. The Morgan fingerprint density at radius 3 is 1.88 bits per heavy atom. The van der Waals surface area contributed by atoms with Crippen molar-refractivity contribution in [2.45, 2.75) is 52.5 Å². The second kappa shape index (κ2) is 8.06. The van der Waals surface area contributed by atoms with Gasteiger partial charge in [-0.2, -0.15) is 0 Å². The molecule has 0 bridgehead atoms. The summed E-state index contributed by atoms with van der Waals surface area (Å²) < 4.78 is 6.71. The van der Waals surface area contributed by atoms with Gasteiger partial charge in [-0.3, -0.25) is 0 Å². The van der Waals surface area contributed by atoms with E-state index in [1.54, 1.807) is 0 Å². The van der Waals surface area contributed by atoms with Crippen LogP contribution in [0.3, 0.4) is 0 Å². The molecule has 5 rings (SSSR count). The van der Waals surface area contributed by atoms with Crippen LogP contribution in [0, 0.1) is 0 Å². The molecule has 1 heterocycles. The van der Waals surface area contributed by atoms with Crippen LogP contribution in [0.15, 0.2) is 95.4 Å². The summed E-state index contributed by atoms with van der Waals surface area (Å²) in [5, 5.41) is 2.34. The van der Waals surface area contributed by atoms with Gasteiger partial charge in [0.15, 0.2) is 5.58 Å². The average Bonchev–Trinajstić information content (AvgIpc) is 3.18. The van der Waals surface area contributed by atoms with E-state index in [1.165, 1.54) is 22.1 Å². The minimum atomic E-state index is -0.157. The molecule has 172 valence electrons. The van der Waals surface area contributed by atoms with Gasteiger partial charge in [0.1, 0.15) is 5.58 Å². The Kier molecular flexibility index (Phi) is 5.28. The number of anilines is 2. The largest absolute Gasteiger partial charge is 0.454 e. The van der Waals surface area contributed by atoms with Crippen LogP contribution < -0.4 is 4.90 Å². The Morgan fingerprint density at radius 1 is 0.588 bits per heavy atom. The number of para-hydroxylation sites is 2.